The predicted molar refractivity (Wildman–Crippen MR) is 83.1 cm³/mol. The van der Waals surface area contributed by atoms with Gasteiger partial charge in [-0.05, 0) is 60.9 Å². The first kappa shape index (κ1) is 16.0. The van der Waals surface area contributed by atoms with E-state index in [1.807, 2.05) is 12.1 Å². The number of hydrogen-bond donors (Lipinski definition) is 1. The molecule has 0 aromatic heterocycles. The van der Waals surface area contributed by atoms with Gasteiger partial charge in [-0.2, -0.15) is 0 Å². The molecule has 0 aliphatic rings. The lowest BCUT2D eigenvalue weighted by Crippen LogP contribution is -2.45. The summed E-state index contributed by atoms with van der Waals surface area (Å²) in [5.41, 5.74) is 7.23. The summed E-state index contributed by atoms with van der Waals surface area (Å²) in [5.74, 6) is 0. The molecule has 102 valence electrons. The summed E-state index contributed by atoms with van der Waals surface area (Å²) in [4.78, 5) is 2.33. The summed E-state index contributed by atoms with van der Waals surface area (Å²) in [5, 5.41) is 0.730. The predicted octanol–water partition coefficient (Wildman–Crippen LogP) is 4.22. The average Bonchev–Trinajstić information content (AvgIpc) is 2.34. The van der Waals surface area contributed by atoms with Crippen LogP contribution in [0.1, 0.15) is 38.8 Å². The highest BCUT2D eigenvalue weighted by molar-refractivity contribution is 9.10. The lowest BCUT2D eigenvalue weighted by Gasteiger charge is -2.40. The van der Waals surface area contributed by atoms with Crippen LogP contribution in [0.5, 0.6) is 0 Å². The van der Waals surface area contributed by atoms with E-state index < -0.39 is 0 Å². The van der Waals surface area contributed by atoms with Gasteiger partial charge in [0.25, 0.3) is 0 Å². The summed E-state index contributed by atoms with van der Waals surface area (Å²) >= 11 is 9.58. The van der Waals surface area contributed by atoms with Gasteiger partial charge in [0.2, 0.25) is 0 Å². The Balaban J connectivity index is 3.06. The second-order valence-electron chi connectivity index (χ2n) is 5.20. The van der Waals surface area contributed by atoms with Crippen LogP contribution in [-0.4, -0.2) is 24.0 Å². The van der Waals surface area contributed by atoms with E-state index in [-0.39, 0.29) is 11.6 Å². The van der Waals surface area contributed by atoms with Crippen molar-refractivity contribution >= 4 is 27.5 Å². The second-order valence-corrected chi connectivity index (χ2v) is 6.46. The van der Waals surface area contributed by atoms with E-state index >= 15 is 0 Å². The van der Waals surface area contributed by atoms with Gasteiger partial charge in [-0.1, -0.05) is 24.6 Å². The molecule has 18 heavy (non-hydrogen) atoms. The first-order chi connectivity index (χ1) is 8.33. The largest absolute Gasteiger partial charge is 0.329 e. The summed E-state index contributed by atoms with van der Waals surface area (Å²) in [6, 6.07) is 6.24. The van der Waals surface area contributed by atoms with Crippen LogP contribution in [0, 0.1) is 0 Å². The number of benzene rings is 1. The van der Waals surface area contributed by atoms with Crippen LogP contribution >= 0.6 is 27.5 Å². The maximum Gasteiger partial charge on any atom is 0.0551 e. The average molecular weight is 334 g/mol. The molecule has 0 spiro atoms. The number of likely N-dealkylation sites (N-methyl/N-ethyl adjacent to an activating group) is 1. The van der Waals surface area contributed by atoms with E-state index in [0.29, 0.717) is 6.54 Å². The normalized spacial score (nSPS) is 14.0. The van der Waals surface area contributed by atoms with E-state index in [1.165, 1.54) is 0 Å². The van der Waals surface area contributed by atoms with Crippen molar-refractivity contribution in [3.63, 3.8) is 0 Å². The lowest BCUT2D eigenvalue weighted by molar-refractivity contribution is 0.100. The monoisotopic (exact) mass is 332 g/mol. The third-order valence-electron chi connectivity index (χ3n) is 3.84. The molecule has 1 atom stereocenters. The molecule has 1 aromatic rings. The van der Waals surface area contributed by atoms with Crippen LogP contribution in [0.2, 0.25) is 5.02 Å². The fourth-order valence-electron chi connectivity index (χ4n) is 1.91. The Morgan fingerprint density at radius 3 is 2.50 bits per heavy atom. The van der Waals surface area contributed by atoms with E-state index in [9.17, 15) is 0 Å². The van der Waals surface area contributed by atoms with Gasteiger partial charge < -0.3 is 5.73 Å². The molecule has 0 amide bonds. The molecule has 4 heteroatoms. The number of hydrogen-bond acceptors (Lipinski definition) is 2. The molecule has 0 aliphatic heterocycles. The molecule has 0 saturated carbocycles. The highest BCUT2D eigenvalue weighted by atomic mass is 79.9. The van der Waals surface area contributed by atoms with Crippen LogP contribution in [0.4, 0.5) is 0 Å². The summed E-state index contributed by atoms with van der Waals surface area (Å²) in [6.07, 6.45) is 1.07. The molecule has 1 rings (SSSR count). The van der Waals surface area contributed by atoms with E-state index in [1.54, 1.807) is 0 Å². The zero-order valence-electron chi connectivity index (χ0n) is 11.5. The third-order valence-corrected chi connectivity index (χ3v) is 5.07. The molecule has 0 saturated heterocycles. The molecule has 0 radical (unpaired) electrons. The molecule has 1 unspecified atom stereocenters. The molecule has 0 aliphatic carbocycles. The fraction of sp³-hybridized carbons (Fsp3) is 0.571. The number of nitrogens with two attached hydrogens (primary N) is 1. The smallest absolute Gasteiger partial charge is 0.0551 e. The Morgan fingerprint density at radius 1 is 1.44 bits per heavy atom. The van der Waals surface area contributed by atoms with Crippen LogP contribution in [0.25, 0.3) is 0 Å². The van der Waals surface area contributed by atoms with Crippen molar-refractivity contribution < 1.29 is 0 Å². The van der Waals surface area contributed by atoms with Crippen molar-refractivity contribution in [2.45, 2.75) is 38.8 Å². The number of halogens is 2. The van der Waals surface area contributed by atoms with Crippen molar-refractivity contribution in [2.75, 3.05) is 13.6 Å². The maximum absolute atomic E-state index is 6.16. The topological polar surface area (TPSA) is 29.3 Å². The van der Waals surface area contributed by atoms with Gasteiger partial charge in [-0.25, -0.2) is 0 Å². The molecular weight excluding hydrogens is 312 g/mol. The van der Waals surface area contributed by atoms with Gasteiger partial charge in [0.1, 0.15) is 0 Å². The van der Waals surface area contributed by atoms with Crippen molar-refractivity contribution in [3.05, 3.63) is 33.3 Å². The van der Waals surface area contributed by atoms with Gasteiger partial charge in [0, 0.05) is 22.6 Å². The summed E-state index contributed by atoms with van der Waals surface area (Å²) in [7, 11) is 2.12. The minimum absolute atomic E-state index is 0.115. The van der Waals surface area contributed by atoms with Crippen molar-refractivity contribution in [1.82, 2.24) is 4.90 Å². The zero-order chi connectivity index (χ0) is 13.9. The molecular formula is C14H22BrClN2. The Kier molecular flexibility index (Phi) is 5.66. The SMILES string of the molecule is CCC(C)(C)N(C)C(CN)c1ccc(Br)c(Cl)c1. The Bertz CT molecular complexity index is 407. The van der Waals surface area contributed by atoms with Gasteiger partial charge in [-0.3, -0.25) is 4.90 Å². The fourth-order valence-corrected chi connectivity index (χ4v) is 2.34. The van der Waals surface area contributed by atoms with E-state index in [2.05, 4.69) is 54.7 Å². The molecule has 0 fully saturated rings. The molecule has 2 N–H and O–H groups in total. The van der Waals surface area contributed by atoms with Gasteiger partial charge in [0.05, 0.1) is 5.02 Å². The summed E-state index contributed by atoms with van der Waals surface area (Å²) < 4.78 is 0.918. The van der Waals surface area contributed by atoms with Crippen molar-refractivity contribution in [2.24, 2.45) is 5.73 Å². The molecule has 0 heterocycles. The van der Waals surface area contributed by atoms with Crippen molar-refractivity contribution in [3.8, 4) is 0 Å². The summed E-state index contributed by atoms with van der Waals surface area (Å²) in [6.45, 7) is 7.24. The number of rotatable bonds is 5. The Morgan fingerprint density at radius 2 is 2.06 bits per heavy atom. The quantitative estimate of drug-likeness (QED) is 0.874. The van der Waals surface area contributed by atoms with Crippen molar-refractivity contribution in [1.29, 1.82) is 0 Å². The zero-order valence-corrected chi connectivity index (χ0v) is 13.8. The van der Waals surface area contributed by atoms with Gasteiger partial charge >= 0.3 is 0 Å². The first-order valence-electron chi connectivity index (χ1n) is 6.21. The van der Waals surface area contributed by atoms with Crippen LogP contribution < -0.4 is 5.73 Å². The van der Waals surface area contributed by atoms with Gasteiger partial charge in [0.15, 0.2) is 0 Å². The minimum atomic E-state index is 0.115. The molecule has 0 bridgehead atoms. The molecule has 2 nitrogen and oxygen atoms in total. The minimum Gasteiger partial charge on any atom is -0.329 e. The first-order valence-corrected chi connectivity index (χ1v) is 7.38. The Labute approximate surface area is 124 Å². The van der Waals surface area contributed by atoms with Crippen LogP contribution in [0.15, 0.2) is 22.7 Å². The second kappa shape index (κ2) is 6.38. The standard InChI is InChI=1S/C14H22BrClN2/c1-5-14(2,3)18(4)13(9-17)10-6-7-11(15)12(16)8-10/h6-8,13H,5,9,17H2,1-4H3. The van der Waals surface area contributed by atoms with E-state index in [4.69, 9.17) is 17.3 Å². The van der Waals surface area contributed by atoms with Crippen LogP contribution in [0.3, 0.4) is 0 Å². The van der Waals surface area contributed by atoms with Crippen LogP contribution in [-0.2, 0) is 0 Å². The highest BCUT2D eigenvalue weighted by Gasteiger charge is 2.28. The Hall–Kier alpha value is -0.0900. The highest BCUT2D eigenvalue weighted by Crippen LogP contribution is 2.31. The van der Waals surface area contributed by atoms with E-state index in [0.717, 1.165) is 21.5 Å². The third kappa shape index (κ3) is 3.47. The maximum atomic E-state index is 6.16. The molecule has 1 aromatic carbocycles. The number of nitrogens with zero attached hydrogens (tertiary/aromatic N) is 1. The van der Waals surface area contributed by atoms with Gasteiger partial charge in [-0.15, -0.1) is 0 Å². The lowest BCUT2D eigenvalue weighted by atomic mass is 9.95.